The SMILES string of the molecule is CC(O)CNC(C(=O)OC(C)(C)CC(C)(C)C)C(C)C. The van der Waals surface area contributed by atoms with Crippen LogP contribution in [0.25, 0.3) is 0 Å². The zero-order valence-corrected chi connectivity index (χ0v) is 14.4. The predicted molar refractivity (Wildman–Crippen MR) is 82.6 cm³/mol. The summed E-state index contributed by atoms with van der Waals surface area (Å²) in [5.74, 6) is -0.124. The van der Waals surface area contributed by atoms with E-state index in [4.69, 9.17) is 4.74 Å². The molecule has 0 aromatic rings. The van der Waals surface area contributed by atoms with Gasteiger partial charge in [0.25, 0.3) is 0 Å². The maximum absolute atomic E-state index is 12.3. The number of carbonyl (C=O) groups excluding carboxylic acids is 1. The largest absolute Gasteiger partial charge is 0.458 e. The highest BCUT2D eigenvalue weighted by Crippen LogP contribution is 2.30. The minimum absolute atomic E-state index is 0.101. The van der Waals surface area contributed by atoms with Crippen molar-refractivity contribution in [2.75, 3.05) is 6.54 Å². The Morgan fingerprint density at radius 1 is 1.15 bits per heavy atom. The van der Waals surface area contributed by atoms with Crippen LogP contribution in [0.2, 0.25) is 0 Å². The molecule has 0 radical (unpaired) electrons. The van der Waals surface area contributed by atoms with Crippen molar-refractivity contribution in [2.45, 2.75) is 79.6 Å². The van der Waals surface area contributed by atoms with Gasteiger partial charge in [0.2, 0.25) is 0 Å². The fraction of sp³-hybridized carbons (Fsp3) is 0.938. The third-order valence-electron chi connectivity index (χ3n) is 2.89. The molecule has 4 nitrogen and oxygen atoms in total. The van der Waals surface area contributed by atoms with Gasteiger partial charge in [-0.05, 0) is 38.5 Å². The summed E-state index contributed by atoms with van der Waals surface area (Å²) < 4.78 is 5.69. The van der Waals surface area contributed by atoms with Gasteiger partial charge >= 0.3 is 5.97 Å². The molecule has 20 heavy (non-hydrogen) atoms. The van der Waals surface area contributed by atoms with E-state index in [1.807, 2.05) is 27.7 Å². The maximum atomic E-state index is 12.3. The first-order valence-electron chi connectivity index (χ1n) is 7.48. The van der Waals surface area contributed by atoms with Gasteiger partial charge in [0.1, 0.15) is 11.6 Å². The number of nitrogens with one attached hydrogen (secondary N) is 1. The maximum Gasteiger partial charge on any atom is 0.323 e. The van der Waals surface area contributed by atoms with Gasteiger partial charge in [-0.1, -0.05) is 34.6 Å². The summed E-state index contributed by atoms with van der Waals surface area (Å²) in [4.78, 5) is 12.3. The lowest BCUT2D eigenvalue weighted by atomic mass is 9.83. The molecule has 0 heterocycles. The van der Waals surface area contributed by atoms with Gasteiger partial charge in [-0.3, -0.25) is 4.79 Å². The third-order valence-corrected chi connectivity index (χ3v) is 2.89. The van der Waals surface area contributed by atoms with E-state index >= 15 is 0 Å². The minimum atomic E-state index is -0.491. The summed E-state index contributed by atoms with van der Waals surface area (Å²) in [7, 11) is 0. The van der Waals surface area contributed by atoms with Crippen molar-refractivity contribution < 1.29 is 14.6 Å². The molecule has 0 saturated heterocycles. The minimum Gasteiger partial charge on any atom is -0.458 e. The Labute approximate surface area is 124 Å². The smallest absolute Gasteiger partial charge is 0.323 e. The molecule has 0 saturated carbocycles. The van der Waals surface area contributed by atoms with Crippen LogP contribution in [0.3, 0.4) is 0 Å². The normalized spacial score (nSPS) is 16.1. The lowest BCUT2D eigenvalue weighted by molar-refractivity contribution is -0.162. The highest BCUT2D eigenvalue weighted by atomic mass is 16.6. The molecule has 120 valence electrons. The van der Waals surface area contributed by atoms with Crippen molar-refractivity contribution in [2.24, 2.45) is 11.3 Å². The van der Waals surface area contributed by atoms with E-state index in [9.17, 15) is 9.90 Å². The molecule has 0 spiro atoms. The summed E-state index contributed by atoms with van der Waals surface area (Å²) in [6, 6.07) is -0.385. The number of aliphatic hydroxyl groups excluding tert-OH is 1. The first-order chi connectivity index (χ1) is 8.84. The topological polar surface area (TPSA) is 58.6 Å². The molecule has 0 aromatic carbocycles. The Morgan fingerprint density at radius 3 is 2.00 bits per heavy atom. The Hall–Kier alpha value is -0.610. The van der Waals surface area contributed by atoms with E-state index in [2.05, 4.69) is 26.1 Å². The second kappa shape index (κ2) is 7.41. The average Bonchev–Trinajstić information content (AvgIpc) is 2.10. The van der Waals surface area contributed by atoms with Crippen molar-refractivity contribution in [1.29, 1.82) is 0 Å². The van der Waals surface area contributed by atoms with Gasteiger partial charge < -0.3 is 15.2 Å². The zero-order chi connectivity index (χ0) is 16.1. The van der Waals surface area contributed by atoms with Crippen LogP contribution >= 0.6 is 0 Å². The monoisotopic (exact) mass is 287 g/mol. The molecule has 0 aliphatic rings. The van der Waals surface area contributed by atoms with Crippen LogP contribution in [0, 0.1) is 11.3 Å². The van der Waals surface area contributed by atoms with Crippen LogP contribution in [0.5, 0.6) is 0 Å². The van der Waals surface area contributed by atoms with Gasteiger partial charge in [-0.25, -0.2) is 0 Å². The number of carbonyl (C=O) groups is 1. The second-order valence-electron chi connectivity index (χ2n) is 7.90. The summed E-state index contributed by atoms with van der Waals surface area (Å²) in [6.07, 6.45) is 0.319. The fourth-order valence-electron chi connectivity index (χ4n) is 2.54. The van der Waals surface area contributed by atoms with E-state index in [-0.39, 0.29) is 23.3 Å². The Morgan fingerprint density at radius 2 is 1.65 bits per heavy atom. The molecule has 2 atom stereocenters. The first kappa shape index (κ1) is 19.4. The average molecular weight is 287 g/mol. The summed E-state index contributed by atoms with van der Waals surface area (Å²) in [5.41, 5.74) is -0.390. The van der Waals surface area contributed by atoms with Crippen LogP contribution < -0.4 is 5.32 Å². The quantitative estimate of drug-likeness (QED) is 0.707. The number of esters is 1. The van der Waals surface area contributed by atoms with E-state index < -0.39 is 11.7 Å². The molecule has 0 aliphatic carbocycles. The molecule has 0 bridgehead atoms. The van der Waals surface area contributed by atoms with E-state index in [0.29, 0.717) is 6.54 Å². The van der Waals surface area contributed by atoms with Crippen molar-refractivity contribution >= 4 is 5.97 Å². The highest BCUT2D eigenvalue weighted by Gasteiger charge is 2.33. The summed E-state index contributed by atoms with van der Waals surface area (Å²) in [5, 5.41) is 12.4. The lowest BCUT2D eigenvalue weighted by Gasteiger charge is -2.34. The zero-order valence-electron chi connectivity index (χ0n) is 14.4. The molecule has 0 aromatic heterocycles. The summed E-state index contributed by atoms with van der Waals surface area (Å²) >= 11 is 0. The first-order valence-corrected chi connectivity index (χ1v) is 7.48. The van der Waals surface area contributed by atoms with Crippen LogP contribution in [0.4, 0.5) is 0 Å². The van der Waals surface area contributed by atoms with Crippen molar-refractivity contribution in [3.63, 3.8) is 0 Å². The summed E-state index contributed by atoms with van der Waals surface area (Å²) in [6.45, 7) is 16.3. The number of hydrogen-bond donors (Lipinski definition) is 2. The molecule has 2 N–H and O–H groups in total. The molecule has 0 rings (SSSR count). The molecule has 0 fully saturated rings. The second-order valence-corrected chi connectivity index (χ2v) is 7.90. The van der Waals surface area contributed by atoms with Crippen LogP contribution in [-0.4, -0.2) is 35.4 Å². The highest BCUT2D eigenvalue weighted by molar-refractivity contribution is 5.76. The molecule has 4 heteroatoms. The Kier molecular flexibility index (Phi) is 7.19. The lowest BCUT2D eigenvalue weighted by Crippen LogP contribution is -2.47. The third kappa shape index (κ3) is 8.54. The molecular weight excluding hydrogens is 254 g/mol. The molecule has 0 amide bonds. The van der Waals surface area contributed by atoms with Crippen LogP contribution in [0.1, 0.15) is 61.8 Å². The van der Waals surface area contributed by atoms with E-state index in [1.165, 1.54) is 0 Å². The molecule has 2 unspecified atom stereocenters. The van der Waals surface area contributed by atoms with Crippen molar-refractivity contribution in [3.05, 3.63) is 0 Å². The van der Waals surface area contributed by atoms with Crippen LogP contribution in [-0.2, 0) is 9.53 Å². The fourth-order valence-corrected chi connectivity index (χ4v) is 2.54. The molecule has 0 aliphatic heterocycles. The standard InChI is InChI=1S/C16H33NO3/c1-11(2)13(17-9-12(3)18)14(19)20-16(7,8)10-15(4,5)6/h11-13,17-18H,9-10H2,1-8H3. The van der Waals surface area contributed by atoms with Gasteiger partial charge in [0, 0.05) is 6.54 Å². The number of rotatable bonds is 7. The van der Waals surface area contributed by atoms with Gasteiger partial charge in [-0.15, -0.1) is 0 Å². The van der Waals surface area contributed by atoms with E-state index in [0.717, 1.165) is 6.42 Å². The van der Waals surface area contributed by atoms with Crippen molar-refractivity contribution in [1.82, 2.24) is 5.32 Å². The van der Waals surface area contributed by atoms with Crippen LogP contribution in [0.15, 0.2) is 0 Å². The van der Waals surface area contributed by atoms with Crippen molar-refractivity contribution in [3.8, 4) is 0 Å². The number of hydrogen-bond acceptors (Lipinski definition) is 4. The van der Waals surface area contributed by atoms with Gasteiger partial charge in [-0.2, -0.15) is 0 Å². The van der Waals surface area contributed by atoms with E-state index in [1.54, 1.807) is 6.92 Å². The van der Waals surface area contributed by atoms with Gasteiger partial charge in [0.15, 0.2) is 0 Å². The Balaban J connectivity index is 4.67. The molecular formula is C16H33NO3. The number of aliphatic hydroxyl groups is 1. The van der Waals surface area contributed by atoms with Gasteiger partial charge in [0.05, 0.1) is 6.10 Å². The predicted octanol–water partition coefficient (Wildman–Crippen LogP) is 2.74. The number of ether oxygens (including phenoxy) is 1. The Bertz CT molecular complexity index is 303.